The summed E-state index contributed by atoms with van der Waals surface area (Å²) in [6, 6.07) is 12.5. The number of hydrogen-bond donors (Lipinski definition) is 1. The van der Waals surface area contributed by atoms with Gasteiger partial charge in [-0.1, -0.05) is 18.2 Å². The Hall–Kier alpha value is -4.43. The van der Waals surface area contributed by atoms with E-state index in [1.807, 2.05) is 0 Å². The summed E-state index contributed by atoms with van der Waals surface area (Å²) >= 11 is -1.85. The van der Waals surface area contributed by atoms with Crippen LogP contribution in [-0.2, 0) is 46.4 Å². The second kappa shape index (κ2) is 11.3. The van der Waals surface area contributed by atoms with E-state index in [1.165, 1.54) is 24.3 Å². The van der Waals surface area contributed by atoms with Crippen molar-refractivity contribution in [2.45, 2.75) is 18.0 Å². The predicted octanol–water partition coefficient (Wildman–Crippen LogP) is 0.559. The first-order chi connectivity index (χ1) is 18.2. The van der Waals surface area contributed by atoms with Crippen LogP contribution in [0.3, 0.4) is 0 Å². The zero-order valence-electron chi connectivity index (χ0n) is 19.9. The fraction of sp³-hybridized carbons (Fsp3) is 0.250. The molecular weight excluding hydrogens is 522 g/mol. The van der Waals surface area contributed by atoms with E-state index in [2.05, 4.69) is 5.32 Å². The number of nitro benzene ring substituents is 1. The molecule has 0 aromatic heterocycles. The molecule has 2 amide bonds. The molecule has 13 nitrogen and oxygen atoms in total. The van der Waals surface area contributed by atoms with Crippen LogP contribution in [0.15, 0.2) is 65.9 Å². The molecule has 2 heterocycles. The van der Waals surface area contributed by atoms with Gasteiger partial charge in [0.1, 0.15) is 29.4 Å². The van der Waals surface area contributed by atoms with E-state index in [9.17, 15) is 33.8 Å². The van der Waals surface area contributed by atoms with Crippen molar-refractivity contribution < 1.29 is 42.9 Å². The third-order valence-electron chi connectivity index (χ3n) is 5.70. The molecule has 2 aromatic rings. The van der Waals surface area contributed by atoms with Gasteiger partial charge in [-0.3, -0.25) is 24.6 Å². The maximum Gasteiger partial charge on any atom is 0.356 e. The van der Waals surface area contributed by atoms with Crippen LogP contribution in [0.1, 0.15) is 5.56 Å². The number of amides is 2. The van der Waals surface area contributed by atoms with Crippen molar-refractivity contribution >= 4 is 40.6 Å². The van der Waals surface area contributed by atoms with Crippen LogP contribution in [0.2, 0.25) is 0 Å². The Labute approximate surface area is 218 Å². The number of rotatable bonds is 9. The standard InChI is InChI=1S/C24H21N3O10S/c1-35-23(30)17-13-38(34)22-19(25-18(28)12-36-16-5-3-2-4-6-16)21(29)26(22)20(17)24(31)37-11-14-7-9-15(10-8-14)27(32)33/h2-10,19,22H,11-13H2,1H3,(H,25,28)/t19?,22-,38?/m0/s1. The summed E-state index contributed by atoms with van der Waals surface area (Å²) in [4.78, 5) is 61.8. The Kier molecular flexibility index (Phi) is 7.93. The van der Waals surface area contributed by atoms with E-state index in [1.54, 1.807) is 30.3 Å². The fourth-order valence-electron chi connectivity index (χ4n) is 3.86. The quantitative estimate of drug-likeness (QED) is 0.154. The molecule has 2 aliphatic rings. The van der Waals surface area contributed by atoms with Gasteiger partial charge in [-0.05, 0) is 41.0 Å². The predicted molar refractivity (Wildman–Crippen MR) is 129 cm³/mol. The summed E-state index contributed by atoms with van der Waals surface area (Å²) in [7, 11) is 1.07. The summed E-state index contributed by atoms with van der Waals surface area (Å²) in [5.41, 5.74) is -0.471. The number of para-hydroxylation sites is 1. The van der Waals surface area contributed by atoms with Gasteiger partial charge in [0.15, 0.2) is 12.6 Å². The lowest BCUT2D eigenvalue weighted by atomic mass is 10.0. The first-order valence-corrected chi connectivity index (χ1v) is 12.5. The van der Waals surface area contributed by atoms with E-state index < -0.39 is 69.3 Å². The lowest BCUT2D eigenvalue weighted by Gasteiger charge is -2.48. The molecule has 2 unspecified atom stereocenters. The van der Waals surface area contributed by atoms with Crippen molar-refractivity contribution in [1.82, 2.24) is 10.2 Å². The van der Waals surface area contributed by atoms with Gasteiger partial charge in [0.2, 0.25) is 5.37 Å². The molecule has 0 spiro atoms. The molecule has 1 saturated heterocycles. The molecule has 1 fully saturated rings. The number of fused-ring (bicyclic) bond motifs is 1. The lowest BCUT2D eigenvalue weighted by molar-refractivity contribution is -0.384. The van der Waals surface area contributed by atoms with E-state index in [0.717, 1.165) is 12.0 Å². The second-order valence-electron chi connectivity index (χ2n) is 8.09. The third kappa shape index (κ3) is 5.45. The summed E-state index contributed by atoms with van der Waals surface area (Å²) < 4.78 is 28.2. The molecule has 2 aromatic carbocycles. The van der Waals surface area contributed by atoms with Gasteiger partial charge in [0.25, 0.3) is 17.5 Å². The topological polar surface area (TPSA) is 177 Å². The zero-order chi connectivity index (χ0) is 27.4. The average Bonchev–Trinajstić information content (AvgIpc) is 2.93. The highest BCUT2D eigenvalue weighted by molar-refractivity contribution is 7.92. The number of nitrogens with one attached hydrogen (secondary N) is 1. The van der Waals surface area contributed by atoms with E-state index in [0.29, 0.717) is 11.3 Å². The van der Waals surface area contributed by atoms with E-state index in [-0.39, 0.29) is 17.9 Å². The highest BCUT2D eigenvalue weighted by Gasteiger charge is 2.62. The van der Waals surface area contributed by atoms with Gasteiger partial charge in [0.05, 0.1) is 12.0 Å². The highest BCUT2D eigenvalue weighted by Crippen LogP contribution is 2.37. The molecule has 0 radical (unpaired) electrons. The Morgan fingerprint density at radius 1 is 1.11 bits per heavy atom. The number of methoxy groups -OCH3 is 1. The summed E-state index contributed by atoms with van der Waals surface area (Å²) in [5, 5.41) is 12.2. The number of hydrogen-bond acceptors (Lipinski definition) is 10. The van der Waals surface area contributed by atoms with E-state index >= 15 is 0 Å². The maximum absolute atomic E-state index is 13.0. The Balaban J connectivity index is 1.47. The fourth-order valence-corrected chi connectivity index (χ4v) is 5.50. The smallest absolute Gasteiger partial charge is 0.356 e. The molecule has 0 aliphatic carbocycles. The largest absolute Gasteiger partial charge is 0.614 e. The van der Waals surface area contributed by atoms with Crippen LogP contribution in [0, 0.1) is 10.1 Å². The van der Waals surface area contributed by atoms with Crippen LogP contribution < -0.4 is 10.1 Å². The number of carbonyl (C=O) groups excluding carboxylic acids is 4. The van der Waals surface area contributed by atoms with Gasteiger partial charge in [-0.2, -0.15) is 0 Å². The monoisotopic (exact) mass is 543 g/mol. The number of esters is 2. The first kappa shape index (κ1) is 26.6. The van der Waals surface area contributed by atoms with Crippen molar-refractivity contribution in [1.29, 1.82) is 0 Å². The third-order valence-corrected chi connectivity index (χ3v) is 7.29. The van der Waals surface area contributed by atoms with Crippen molar-refractivity contribution in [3.8, 4) is 5.75 Å². The maximum atomic E-state index is 13.0. The number of nitrogens with zero attached hydrogens (tertiary/aromatic N) is 2. The minimum Gasteiger partial charge on any atom is -0.614 e. The minimum absolute atomic E-state index is 0.151. The molecule has 198 valence electrons. The molecule has 3 atom stereocenters. The molecule has 0 saturated carbocycles. The zero-order valence-corrected chi connectivity index (χ0v) is 20.7. The SMILES string of the molecule is COC(=O)C1=C(C(=O)OCc2ccc([N+](=O)[O-])cc2)N2C(=O)C(NC(=O)COc3ccccc3)[C@@H]2[S+]([O-])C1. The molecular formula is C24H21N3O10S. The van der Waals surface area contributed by atoms with Crippen LogP contribution >= 0.6 is 0 Å². The van der Waals surface area contributed by atoms with Gasteiger partial charge in [-0.15, -0.1) is 0 Å². The molecule has 38 heavy (non-hydrogen) atoms. The van der Waals surface area contributed by atoms with Gasteiger partial charge in [0, 0.05) is 12.1 Å². The van der Waals surface area contributed by atoms with Gasteiger partial charge < -0.3 is 24.1 Å². The number of ether oxygens (including phenoxy) is 3. The number of benzene rings is 2. The minimum atomic E-state index is -1.85. The molecule has 1 N–H and O–H groups in total. The first-order valence-electron chi connectivity index (χ1n) is 11.1. The Morgan fingerprint density at radius 2 is 1.79 bits per heavy atom. The molecule has 14 heteroatoms. The number of nitro groups is 1. The second-order valence-corrected chi connectivity index (χ2v) is 9.62. The van der Waals surface area contributed by atoms with Crippen molar-refractivity contribution in [3.05, 3.63) is 81.5 Å². The molecule has 0 bridgehead atoms. The molecule has 4 rings (SSSR count). The van der Waals surface area contributed by atoms with Crippen LogP contribution in [-0.4, -0.2) is 69.0 Å². The normalized spacial score (nSPS) is 20.1. The number of carbonyl (C=O) groups is 4. The van der Waals surface area contributed by atoms with Crippen LogP contribution in [0.4, 0.5) is 5.69 Å². The number of β-lactam (4-membered cyclic amide) rings is 1. The Morgan fingerprint density at radius 3 is 2.42 bits per heavy atom. The van der Waals surface area contributed by atoms with Crippen LogP contribution in [0.5, 0.6) is 5.75 Å². The van der Waals surface area contributed by atoms with Crippen molar-refractivity contribution in [3.63, 3.8) is 0 Å². The van der Waals surface area contributed by atoms with Gasteiger partial charge >= 0.3 is 11.9 Å². The lowest BCUT2D eigenvalue weighted by Crippen LogP contribution is -2.75. The van der Waals surface area contributed by atoms with Gasteiger partial charge in [-0.25, -0.2) is 9.59 Å². The summed E-state index contributed by atoms with van der Waals surface area (Å²) in [6.45, 7) is -0.720. The van der Waals surface area contributed by atoms with Crippen LogP contribution in [0.25, 0.3) is 0 Å². The average molecular weight is 544 g/mol. The van der Waals surface area contributed by atoms with E-state index in [4.69, 9.17) is 14.2 Å². The number of non-ortho nitro benzene ring substituents is 1. The Bertz CT molecular complexity index is 1300. The van der Waals surface area contributed by atoms with Crippen molar-refractivity contribution in [2.75, 3.05) is 19.5 Å². The highest BCUT2D eigenvalue weighted by atomic mass is 32.2. The van der Waals surface area contributed by atoms with Crippen molar-refractivity contribution in [2.24, 2.45) is 0 Å². The molecule has 2 aliphatic heterocycles. The summed E-state index contributed by atoms with van der Waals surface area (Å²) in [5.74, 6) is -3.40. The summed E-state index contributed by atoms with van der Waals surface area (Å²) in [6.07, 6.45) is 0.